The van der Waals surface area contributed by atoms with Gasteiger partial charge in [0.05, 0.1) is 11.6 Å². The molecule has 0 aliphatic rings. The molecule has 7 heteroatoms. The number of aliphatic carboxylic acids is 1. The highest BCUT2D eigenvalue weighted by Crippen LogP contribution is 2.20. The highest BCUT2D eigenvalue weighted by atomic mass is 16.4. The van der Waals surface area contributed by atoms with Crippen molar-refractivity contribution in [1.29, 1.82) is 0 Å². The molecule has 3 N–H and O–H groups in total. The second-order valence-corrected chi connectivity index (χ2v) is 9.28. The Morgan fingerprint density at radius 1 is 1.00 bits per heavy atom. The number of hydrogen-bond acceptors (Lipinski definition) is 4. The first kappa shape index (κ1) is 29.1. The Bertz CT molecular complexity index is 639. The zero-order valence-electron chi connectivity index (χ0n) is 21.2. The fourth-order valence-electron chi connectivity index (χ4n) is 3.65. The number of likely N-dealkylation sites (N-methyl/N-ethyl adjacent to an activating group) is 1. The first-order valence-corrected chi connectivity index (χ1v) is 11.5. The smallest absolute Gasteiger partial charge is 0.331 e. The molecule has 0 radical (unpaired) electrons. The summed E-state index contributed by atoms with van der Waals surface area (Å²) in [6, 6.07) is -0.911. The lowest BCUT2D eigenvalue weighted by atomic mass is 9.89. The van der Waals surface area contributed by atoms with Gasteiger partial charge >= 0.3 is 5.97 Å². The Balaban J connectivity index is 5.85. The van der Waals surface area contributed by atoms with Crippen molar-refractivity contribution >= 4 is 17.8 Å². The minimum Gasteiger partial charge on any atom is -0.478 e. The van der Waals surface area contributed by atoms with Gasteiger partial charge in [-0.25, -0.2) is 4.79 Å². The normalized spacial score (nSPS) is 15.5. The van der Waals surface area contributed by atoms with Gasteiger partial charge in [-0.2, -0.15) is 0 Å². The number of carbonyl (C=O) groups excluding carboxylic acids is 2. The average Bonchev–Trinajstić information content (AvgIpc) is 2.71. The van der Waals surface area contributed by atoms with Gasteiger partial charge in [0.15, 0.2) is 0 Å². The molecule has 3 atom stereocenters. The van der Waals surface area contributed by atoms with Crippen molar-refractivity contribution in [2.24, 2.45) is 11.8 Å². The summed E-state index contributed by atoms with van der Waals surface area (Å²) in [5.74, 6) is -1.50. The molecule has 0 aromatic rings. The first-order chi connectivity index (χ1) is 14.3. The van der Waals surface area contributed by atoms with Crippen LogP contribution >= 0.6 is 0 Å². The quantitative estimate of drug-likeness (QED) is 0.381. The van der Waals surface area contributed by atoms with Gasteiger partial charge in [0.2, 0.25) is 11.8 Å². The van der Waals surface area contributed by atoms with Gasteiger partial charge in [0.1, 0.15) is 6.04 Å². The van der Waals surface area contributed by atoms with Crippen molar-refractivity contribution in [2.75, 3.05) is 7.05 Å². The van der Waals surface area contributed by atoms with Gasteiger partial charge in [-0.1, -0.05) is 54.5 Å². The lowest BCUT2D eigenvalue weighted by Gasteiger charge is -2.38. The second-order valence-electron chi connectivity index (χ2n) is 9.28. The Morgan fingerprint density at radius 2 is 1.52 bits per heavy atom. The summed E-state index contributed by atoms with van der Waals surface area (Å²) < 4.78 is 0. The van der Waals surface area contributed by atoms with E-state index in [1.165, 1.54) is 6.92 Å². The fraction of sp³-hybridized carbons (Fsp3) is 0.792. The molecule has 0 aliphatic carbocycles. The molecule has 180 valence electrons. The van der Waals surface area contributed by atoms with Crippen LogP contribution in [0, 0.1) is 11.8 Å². The lowest BCUT2D eigenvalue weighted by Crippen LogP contribution is -2.63. The molecule has 0 saturated carbocycles. The number of hydrogen-bond donors (Lipinski definition) is 3. The van der Waals surface area contributed by atoms with E-state index in [0.717, 1.165) is 6.42 Å². The van der Waals surface area contributed by atoms with E-state index in [-0.39, 0.29) is 41.3 Å². The highest BCUT2D eigenvalue weighted by molar-refractivity contribution is 5.92. The van der Waals surface area contributed by atoms with Gasteiger partial charge in [-0.15, -0.1) is 0 Å². The Hall–Kier alpha value is -1.89. The number of nitrogens with zero attached hydrogens (tertiary/aromatic N) is 1. The molecule has 0 aromatic carbocycles. The van der Waals surface area contributed by atoms with Gasteiger partial charge in [-0.05, 0) is 44.9 Å². The van der Waals surface area contributed by atoms with Crippen molar-refractivity contribution < 1.29 is 19.5 Å². The van der Waals surface area contributed by atoms with E-state index in [0.29, 0.717) is 12.8 Å². The maximum absolute atomic E-state index is 13.4. The molecule has 0 aliphatic heterocycles. The Kier molecular flexibility index (Phi) is 12.1. The third-order valence-corrected chi connectivity index (χ3v) is 6.23. The van der Waals surface area contributed by atoms with Crippen molar-refractivity contribution in [1.82, 2.24) is 15.5 Å². The van der Waals surface area contributed by atoms with E-state index in [1.54, 1.807) is 18.0 Å². The minimum atomic E-state index is -1.01. The maximum Gasteiger partial charge on any atom is 0.331 e. The molecule has 2 amide bonds. The average molecular weight is 440 g/mol. The van der Waals surface area contributed by atoms with Gasteiger partial charge in [0, 0.05) is 18.7 Å². The van der Waals surface area contributed by atoms with E-state index < -0.39 is 17.6 Å². The summed E-state index contributed by atoms with van der Waals surface area (Å²) >= 11 is 0. The number of amides is 2. The Labute approximate surface area is 189 Å². The highest BCUT2D eigenvalue weighted by Gasteiger charge is 2.39. The topological polar surface area (TPSA) is 98.7 Å². The standard InChI is InChI=1S/C24H45N3O4/c1-11-18(9)26-24(12-2,13-3)23(31)25-20(16(6)7)21(28)27(10)19(15(4)5)14-17(8)22(29)30/h14-16,18-20,26H,11-13H2,1-10H3,(H,25,31)(H,29,30)/b17-14+/t18?,19-,20+/m1/s1. The lowest BCUT2D eigenvalue weighted by molar-refractivity contribution is -0.140. The van der Waals surface area contributed by atoms with Gasteiger partial charge in [0.25, 0.3) is 0 Å². The maximum atomic E-state index is 13.4. The molecular formula is C24H45N3O4. The molecule has 0 aromatic heterocycles. The van der Waals surface area contributed by atoms with E-state index in [9.17, 15) is 19.5 Å². The van der Waals surface area contributed by atoms with Crippen LogP contribution in [0.1, 0.15) is 81.6 Å². The third kappa shape index (κ3) is 7.95. The van der Waals surface area contributed by atoms with Crippen molar-refractivity contribution in [3.63, 3.8) is 0 Å². The summed E-state index contributed by atoms with van der Waals surface area (Å²) in [6.07, 6.45) is 3.74. The zero-order chi connectivity index (χ0) is 24.5. The largest absolute Gasteiger partial charge is 0.478 e. The fourth-order valence-corrected chi connectivity index (χ4v) is 3.65. The summed E-state index contributed by atoms with van der Waals surface area (Å²) in [5, 5.41) is 15.7. The Morgan fingerprint density at radius 3 is 1.87 bits per heavy atom. The number of carbonyl (C=O) groups is 3. The van der Waals surface area contributed by atoms with Crippen LogP contribution in [0.3, 0.4) is 0 Å². The molecular weight excluding hydrogens is 394 g/mol. The summed E-state index contributed by atoms with van der Waals surface area (Å²) in [6.45, 7) is 17.3. The van der Waals surface area contributed by atoms with Crippen LogP contribution in [0.15, 0.2) is 11.6 Å². The molecule has 0 bridgehead atoms. The van der Waals surface area contributed by atoms with Crippen LogP contribution in [0.5, 0.6) is 0 Å². The van der Waals surface area contributed by atoms with Crippen LogP contribution in [-0.4, -0.2) is 58.5 Å². The predicted molar refractivity (Wildman–Crippen MR) is 126 cm³/mol. The van der Waals surface area contributed by atoms with Crippen molar-refractivity contribution in [3.05, 3.63) is 11.6 Å². The second kappa shape index (κ2) is 12.8. The SMILES string of the molecule is CCC(C)NC(CC)(CC)C(=O)N[C@H](C(=O)N(C)[C@H](/C=C(\C)C(=O)O)C(C)C)C(C)C. The first-order valence-electron chi connectivity index (χ1n) is 11.5. The number of nitrogens with one attached hydrogen (secondary N) is 2. The molecule has 0 heterocycles. The molecule has 7 nitrogen and oxygen atoms in total. The van der Waals surface area contributed by atoms with E-state index >= 15 is 0 Å². The predicted octanol–water partition coefficient (Wildman–Crippen LogP) is 3.59. The van der Waals surface area contributed by atoms with Crippen LogP contribution < -0.4 is 10.6 Å². The van der Waals surface area contributed by atoms with Crippen LogP contribution in [0.2, 0.25) is 0 Å². The van der Waals surface area contributed by atoms with Crippen molar-refractivity contribution in [2.45, 2.75) is 105 Å². The zero-order valence-corrected chi connectivity index (χ0v) is 21.2. The van der Waals surface area contributed by atoms with E-state index in [4.69, 9.17) is 0 Å². The van der Waals surface area contributed by atoms with Crippen LogP contribution in [0.25, 0.3) is 0 Å². The number of rotatable bonds is 13. The molecule has 0 rings (SSSR count). The molecule has 0 fully saturated rings. The summed E-state index contributed by atoms with van der Waals surface area (Å²) in [5.41, 5.74) is -0.546. The molecule has 31 heavy (non-hydrogen) atoms. The van der Waals surface area contributed by atoms with Crippen LogP contribution in [-0.2, 0) is 14.4 Å². The number of carboxylic acid groups (broad SMARTS) is 1. The third-order valence-electron chi connectivity index (χ3n) is 6.23. The molecule has 0 spiro atoms. The van der Waals surface area contributed by atoms with Gasteiger partial charge < -0.3 is 20.6 Å². The summed E-state index contributed by atoms with van der Waals surface area (Å²) in [7, 11) is 1.67. The number of carboxylic acids is 1. The van der Waals surface area contributed by atoms with Crippen molar-refractivity contribution in [3.8, 4) is 0 Å². The van der Waals surface area contributed by atoms with E-state index in [1.807, 2.05) is 41.5 Å². The van der Waals surface area contributed by atoms with Crippen LogP contribution in [0.4, 0.5) is 0 Å². The minimum absolute atomic E-state index is 0.0178. The molecule has 1 unspecified atom stereocenters. The van der Waals surface area contributed by atoms with E-state index in [2.05, 4.69) is 24.5 Å². The molecule has 0 saturated heterocycles. The monoisotopic (exact) mass is 439 g/mol. The summed E-state index contributed by atoms with van der Waals surface area (Å²) in [4.78, 5) is 39.6. The van der Waals surface area contributed by atoms with Gasteiger partial charge in [-0.3, -0.25) is 9.59 Å².